The Morgan fingerprint density at radius 3 is 2.92 bits per heavy atom. The molecule has 0 aromatic heterocycles. The van der Waals surface area contributed by atoms with Gasteiger partial charge in [0, 0.05) is 20.3 Å². The fourth-order valence-electron chi connectivity index (χ4n) is 1.98. The monoisotopic (exact) mass is 185 g/mol. The van der Waals surface area contributed by atoms with E-state index in [1.807, 2.05) is 0 Å². The number of hydrogen-bond donors (Lipinski definition) is 0. The summed E-state index contributed by atoms with van der Waals surface area (Å²) >= 11 is 0. The molecule has 0 bridgehead atoms. The Morgan fingerprint density at radius 1 is 1.31 bits per heavy atom. The Labute approximate surface area is 82.3 Å². The summed E-state index contributed by atoms with van der Waals surface area (Å²) in [6, 6.07) is 0. The maximum Gasteiger partial charge on any atom is 0.0474 e. The molecule has 1 saturated heterocycles. The van der Waals surface area contributed by atoms with Crippen molar-refractivity contribution in [3.8, 4) is 0 Å². The molecule has 1 rings (SSSR count). The molecular formula is C11H23NO. The van der Waals surface area contributed by atoms with Crippen molar-refractivity contribution in [3.63, 3.8) is 0 Å². The highest BCUT2D eigenvalue weighted by Crippen LogP contribution is 2.16. The molecule has 0 radical (unpaired) electrons. The molecule has 1 aliphatic heterocycles. The first-order valence-electron chi connectivity index (χ1n) is 5.54. The number of methoxy groups -OCH3 is 1. The van der Waals surface area contributed by atoms with Crippen LogP contribution >= 0.6 is 0 Å². The van der Waals surface area contributed by atoms with Crippen LogP contribution in [-0.4, -0.2) is 38.3 Å². The molecule has 1 unspecified atom stereocenters. The molecule has 0 aliphatic carbocycles. The zero-order valence-electron chi connectivity index (χ0n) is 9.09. The van der Waals surface area contributed by atoms with Gasteiger partial charge in [0.05, 0.1) is 0 Å². The smallest absolute Gasteiger partial charge is 0.0474 e. The molecular weight excluding hydrogens is 162 g/mol. The Bertz CT molecular complexity index is 127. The average Bonchev–Trinajstić information content (AvgIpc) is 2.32. The SMILES string of the molecule is COCCCN1CCCC(C)CC1. The van der Waals surface area contributed by atoms with Gasteiger partial charge in [-0.2, -0.15) is 0 Å². The van der Waals surface area contributed by atoms with Crippen LogP contribution in [0.15, 0.2) is 0 Å². The van der Waals surface area contributed by atoms with Crippen molar-refractivity contribution in [1.82, 2.24) is 4.90 Å². The number of rotatable bonds is 4. The second kappa shape index (κ2) is 6.39. The van der Waals surface area contributed by atoms with E-state index in [0.717, 1.165) is 12.5 Å². The Balaban J connectivity index is 2.11. The second-order valence-corrected chi connectivity index (χ2v) is 4.22. The van der Waals surface area contributed by atoms with Gasteiger partial charge in [0.25, 0.3) is 0 Å². The molecule has 1 fully saturated rings. The molecule has 0 saturated carbocycles. The van der Waals surface area contributed by atoms with Gasteiger partial charge in [0.1, 0.15) is 0 Å². The van der Waals surface area contributed by atoms with Crippen LogP contribution in [0.2, 0.25) is 0 Å². The number of nitrogens with zero attached hydrogens (tertiary/aromatic N) is 1. The molecule has 0 aromatic carbocycles. The van der Waals surface area contributed by atoms with Crippen molar-refractivity contribution < 1.29 is 4.74 Å². The van der Waals surface area contributed by atoms with Crippen molar-refractivity contribution in [3.05, 3.63) is 0 Å². The first-order valence-corrected chi connectivity index (χ1v) is 5.54. The van der Waals surface area contributed by atoms with Crippen LogP contribution in [0.5, 0.6) is 0 Å². The Morgan fingerprint density at radius 2 is 2.15 bits per heavy atom. The predicted octanol–water partition coefficient (Wildman–Crippen LogP) is 2.14. The molecule has 1 aliphatic rings. The van der Waals surface area contributed by atoms with Crippen LogP contribution in [0.3, 0.4) is 0 Å². The molecule has 0 spiro atoms. The van der Waals surface area contributed by atoms with Gasteiger partial charge in [-0.25, -0.2) is 0 Å². The van der Waals surface area contributed by atoms with Gasteiger partial charge < -0.3 is 9.64 Å². The van der Waals surface area contributed by atoms with Crippen molar-refractivity contribution in [2.45, 2.75) is 32.6 Å². The van der Waals surface area contributed by atoms with Crippen LogP contribution < -0.4 is 0 Å². The van der Waals surface area contributed by atoms with E-state index in [2.05, 4.69) is 11.8 Å². The predicted molar refractivity (Wildman–Crippen MR) is 55.9 cm³/mol. The highest BCUT2D eigenvalue weighted by atomic mass is 16.5. The zero-order chi connectivity index (χ0) is 9.52. The fourth-order valence-corrected chi connectivity index (χ4v) is 1.98. The number of hydrogen-bond acceptors (Lipinski definition) is 2. The maximum absolute atomic E-state index is 5.06. The van der Waals surface area contributed by atoms with E-state index < -0.39 is 0 Å². The summed E-state index contributed by atoms with van der Waals surface area (Å²) < 4.78 is 5.06. The van der Waals surface area contributed by atoms with Crippen LogP contribution in [0.1, 0.15) is 32.6 Å². The summed E-state index contributed by atoms with van der Waals surface area (Å²) in [4.78, 5) is 2.59. The van der Waals surface area contributed by atoms with Gasteiger partial charge in [0.15, 0.2) is 0 Å². The lowest BCUT2D eigenvalue weighted by Gasteiger charge is -2.19. The van der Waals surface area contributed by atoms with Crippen molar-refractivity contribution in [2.24, 2.45) is 5.92 Å². The zero-order valence-corrected chi connectivity index (χ0v) is 9.09. The lowest BCUT2D eigenvalue weighted by molar-refractivity contribution is 0.172. The van der Waals surface area contributed by atoms with Gasteiger partial charge in [-0.15, -0.1) is 0 Å². The van der Waals surface area contributed by atoms with Gasteiger partial charge in [-0.1, -0.05) is 6.92 Å². The molecule has 1 atom stereocenters. The maximum atomic E-state index is 5.06. The third-order valence-corrected chi connectivity index (χ3v) is 2.93. The summed E-state index contributed by atoms with van der Waals surface area (Å²) in [6.45, 7) is 7.10. The summed E-state index contributed by atoms with van der Waals surface area (Å²) in [6.07, 6.45) is 5.37. The molecule has 13 heavy (non-hydrogen) atoms. The van der Waals surface area contributed by atoms with E-state index in [1.165, 1.54) is 45.3 Å². The van der Waals surface area contributed by atoms with Crippen molar-refractivity contribution in [2.75, 3.05) is 33.4 Å². The fraction of sp³-hybridized carbons (Fsp3) is 1.00. The summed E-state index contributed by atoms with van der Waals surface area (Å²) in [5, 5.41) is 0. The van der Waals surface area contributed by atoms with Crippen molar-refractivity contribution in [1.29, 1.82) is 0 Å². The summed E-state index contributed by atoms with van der Waals surface area (Å²) in [5.41, 5.74) is 0. The van der Waals surface area contributed by atoms with E-state index in [9.17, 15) is 0 Å². The van der Waals surface area contributed by atoms with E-state index in [-0.39, 0.29) is 0 Å². The van der Waals surface area contributed by atoms with E-state index in [4.69, 9.17) is 4.74 Å². The van der Waals surface area contributed by atoms with E-state index >= 15 is 0 Å². The third kappa shape index (κ3) is 4.63. The minimum atomic E-state index is 0.909. The quantitative estimate of drug-likeness (QED) is 0.622. The molecule has 1 heterocycles. The molecule has 0 amide bonds. The highest BCUT2D eigenvalue weighted by Gasteiger charge is 2.12. The largest absolute Gasteiger partial charge is 0.385 e. The van der Waals surface area contributed by atoms with Crippen LogP contribution in [0, 0.1) is 5.92 Å². The van der Waals surface area contributed by atoms with Gasteiger partial charge in [0.2, 0.25) is 0 Å². The second-order valence-electron chi connectivity index (χ2n) is 4.22. The normalized spacial score (nSPS) is 25.8. The minimum Gasteiger partial charge on any atom is -0.385 e. The van der Waals surface area contributed by atoms with Crippen molar-refractivity contribution >= 4 is 0 Å². The molecule has 2 nitrogen and oxygen atoms in total. The van der Waals surface area contributed by atoms with Crippen LogP contribution in [-0.2, 0) is 4.74 Å². The van der Waals surface area contributed by atoms with Gasteiger partial charge >= 0.3 is 0 Å². The number of likely N-dealkylation sites (tertiary alicyclic amines) is 1. The lowest BCUT2D eigenvalue weighted by atomic mass is 10.0. The molecule has 78 valence electrons. The van der Waals surface area contributed by atoms with E-state index in [1.54, 1.807) is 7.11 Å². The number of ether oxygens (including phenoxy) is 1. The summed E-state index contributed by atoms with van der Waals surface area (Å²) in [7, 11) is 1.78. The summed E-state index contributed by atoms with van der Waals surface area (Å²) in [5.74, 6) is 0.937. The van der Waals surface area contributed by atoms with E-state index in [0.29, 0.717) is 0 Å². The third-order valence-electron chi connectivity index (χ3n) is 2.93. The molecule has 2 heteroatoms. The topological polar surface area (TPSA) is 12.5 Å². The van der Waals surface area contributed by atoms with Gasteiger partial charge in [-0.05, 0) is 44.7 Å². The minimum absolute atomic E-state index is 0.909. The highest BCUT2D eigenvalue weighted by molar-refractivity contribution is 4.67. The standard InChI is InChI=1S/C11H23NO/c1-11-5-3-7-12(9-6-11)8-4-10-13-2/h11H,3-10H2,1-2H3. The van der Waals surface area contributed by atoms with Crippen LogP contribution in [0.4, 0.5) is 0 Å². The average molecular weight is 185 g/mol. The van der Waals surface area contributed by atoms with Gasteiger partial charge in [-0.3, -0.25) is 0 Å². The molecule has 0 aromatic rings. The van der Waals surface area contributed by atoms with Crippen LogP contribution in [0.25, 0.3) is 0 Å². The first-order chi connectivity index (χ1) is 6.33. The Hall–Kier alpha value is -0.0800. The lowest BCUT2D eigenvalue weighted by Crippen LogP contribution is -2.26. The first kappa shape index (κ1) is 11.0. The Kier molecular flexibility index (Phi) is 5.40. The molecule has 0 N–H and O–H groups in total.